The second-order valence-electron chi connectivity index (χ2n) is 15.0. The van der Waals surface area contributed by atoms with Crippen molar-refractivity contribution in [2.24, 2.45) is 11.7 Å². The fourth-order valence-electron chi connectivity index (χ4n) is 7.44. The van der Waals surface area contributed by atoms with Crippen LogP contribution in [-0.2, 0) is 14.3 Å². The van der Waals surface area contributed by atoms with E-state index in [2.05, 4.69) is 23.6 Å². The van der Waals surface area contributed by atoms with E-state index in [4.69, 9.17) is 10.5 Å². The highest BCUT2D eigenvalue weighted by molar-refractivity contribution is 5.73. The fourth-order valence-corrected chi connectivity index (χ4v) is 7.44. The molecule has 1 aliphatic rings. The fraction of sp³-hybridized carbons (Fsp3) is 0.951. The Hall–Kier alpha value is -1.18. The lowest BCUT2D eigenvalue weighted by atomic mass is 9.94. The van der Waals surface area contributed by atoms with Gasteiger partial charge >= 0.3 is 5.97 Å². The zero-order valence-electron chi connectivity index (χ0n) is 32.0. The molecule has 0 aliphatic heterocycles. The van der Waals surface area contributed by atoms with E-state index in [1.807, 2.05) is 0 Å². The molecule has 1 saturated carbocycles. The molecule has 0 aromatic carbocycles. The van der Waals surface area contributed by atoms with Crippen molar-refractivity contribution in [2.75, 3.05) is 45.9 Å². The van der Waals surface area contributed by atoms with Crippen molar-refractivity contribution in [3.8, 4) is 0 Å². The number of ether oxygens (including phenoxy) is 1. The number of primary amides is 1. The van der Waals surface area contributed by atoms with E-state index in [1.54, 1.807) is 0 Å². The Labute approximate surface area is 297 Å². The molecule has 3 N–H and O–H groups in total. The standard InChI is InChI=1S/C41H81N3O4/c1-3-5-7-9-11-17-25-38(26-18-12-10-8-6-4-2)37-48-41(47)30-22-16-24-32-44(39-27-19-13-14-20-28-39)34-33-43(35-36-45)31-23-15-21-29-40(42)46/h38-39,45H,3-37H2,1-2H3,(H2,42,46). The topological polar surface area (TPSA) is 96.1 Å². The molecule has 48 heavy (non-hydrogen) atoms. The van der Waals surface area contributed by atoms with Crippen LogP contribution >= 0.6 is 0 Å². The maximum Gasteiger partial charge on any atom is 0.305 e. The Morgan fingerprint density at radius 1 is 0.646 bits per heavy atom. The Bertz CT molecular complexity index is 712. The number of esters is 1. The number of rotatable bonds is 34. The van der Waals surface area contributed by atoms with Crippen LogP contribution in [0, 0.1) is 5.92 Å². The lowest BCUT2D eigenvalue weighted by molar-refractivity contribution is -0.145. The van der Waals surface area contributed by atoms with Gasteiger partial charge in [-0.15, -0.1) is 0 Å². The second kappa shape index (κ2) is 33.0. The average molecular weight is 680 g/mol. The first-order valence-corrected chi connectivity index (χ1v) is 21.0. The quantitative estimate of drug-likeness (QED) is 0.0400. The molecule has 1 fully saturated rings. The van der Waals surface area contributed by atoms with Crippen LogP contribution in [0.4, 0.5) is 0 Å². The van der Waals surface area contributed by atoms with Gasteiger partial charge in [-0.25, -0.2) is 0 Å². The van der Waals surface area contributed by atoms with Gasteiger partial charge in [-0.05, 0) is 70.4 Å². The van der Waals surface area contributed by atoms with Crippen LogP contribution in [0.5, 0.6) is 0 Å². The van der Waals surface area contributed by atoms with Crippen molar-refractivity contribution in [3.05, 3.63) is 0 Å². The minimum atomic E-state index is -0.218. The van der Waals surface area contributed by atoms with Gasteiger partial charge in [-0.1, -0.05) is 129 Å². The number of aliphatic hydroxyl groups is 1. The minimum Gasteiger partial charge on any atom is -0.465 e. The van der Waals surface area contributed by atoms with Gasteiger partial charge < -0.3 is 15.6 Å². The number of nitrogens with zero attached hydrogens (tertiary/aromatic N) is 2. The molecule has 0 atom stereocenters. The Morgan fingerprint density at radius 3 is 1.77 bits per heavy atom. The van der Waals surface area contributed by atoms with Crippen molar-refractivity contribution >= 4 is 11.9 Å². The lowest BCUT2D eigenvalue weighted by Gasteiger charge is -2.33. The number of unbranched alkanes of at least 4 members (excludes halogenated alkanes) is 14. The van der Waals surface area contributed by atoms with Gasteiger partial charge in [-0.3, -0.25) is 19.4 Å². The van der Waals surface area contributed by atoms with Crippen LogP contribution in [0.25, 0.3) is 0 Å². The van der Waals surface area contributed by atoms with Gasteiger partial charge in [0.1, 0.15) is 0 Å². The minimum absolute atomic E-state index is 0.00184. The van der Waals surface area contributed by atoms with Crippen LogP contribution in [0.15, 0.2) is 0 Å². The molecule has 7 heteroatoms. The number of hydrogen-bond donors (Lipinski definition) is 2. The molecule has 0 aromatic rings. The van der Waals surface area contributed by atoms with Crippen LogP contribution in [-0.4, -0.2) is 78.8 Å². The molecule has 0 saturated heterocycles. The lowest BCUT2D eigenvalue weighted by Crippen LogP contribution is -2.42. The maximum absolute atomic E-state index is 12.7. The summed E-state index contributed by atoms with van der Waals surface area (Å²) >= 11 is 0. The van der Waals surface area contributed by atoms with Gasteiger partial charge in [0.25, 0.3) is 0 Å². The summed E-state index contributed by atoms with van der Waals surface area (Å²) < 4.78 is 5.88. The molecule has 7 nitrogen and oxygen atoms in total. The SMILES string of the molecule is CCCCCCCCC(CCCCCCCC)COC(=O)CCCCCN(CCN(CCO)CCCCCC(N)=O)C1CCCCCC1. The van der Waals surface area contributed by atoms with E-state index in [0.717, 1.165) is 64.7 Å². The zero-order chi connectivity index (χ0) is 34.9. The van der Waals surface area contributed by atoms with E-state index >= 15 is 0 Å². The summed E-state index contributed by atoms with van der Waals surface area (Å²) in [5.74, 6) is 0.311. The van der Waals surface area contributed by atoms with Crippen molar-refractivity contribution in [3.63, 3.8) is 0 Å². The van der Waals surface area contributed by atoms with Crippen LogP contribution in [0.1, 0.15) is 194 Å². The van der Waals surface area contributed by atoms with Crippen molar-refractivity contribution in [1.29, 1.82) is 0 Å². The van der Waals surface area contributed by atoms with Crippen molar-refractivity contribution in [1.82, 2.24) is 9.80 Å². The zero-order valence-corrected chi connectivity index (χ0v) is 32.0. The smallest absolute Gasteiger partial charge is 0.305 e. The highest BCUT2D eigenvalue weighted by Gasteiger charge is 2.21. The average Bonchev–Trinajstić information content (AvgIpc) is 3.36. The summed E-state index contributed by atoms with van der Waals surface area (Å²) in [6, 6.07) is 0.652. The van der Waals surface area contributed by atoms with E-state index in [1.165, 1.54) is 128 Å². The normalized spacial score (nSPS) is 14.3. The van der Waals surface area contributed by atoms with Crippen LogP contribution in [0.3, 0.4) is 0 Å². The van der Waals surface area contributed by atoms with Gasteiger partial charge in [-0.2, -0.15) is 0 Å². The third-order valence-electron chi connectivity index (χ3n) is 10.6. The monoisotopic (exact) mass is 680 g/mol. The molecule has 284 valence electrons. The predicted molar refractivity (Wildman–Crippen MR) is 203 cm³/mol. The van der Waals surface area contributed by atoms with Gasteiger partial charge in [0.05, 0.1) is 13.2 Å². The Balaban J connectivity index is 2.45. The molecule has 0 aromatic heterocycles. The third kappa shape index (κ3) is 26.7. The number of carbonyl (C=O) groups is 2. The molecular formula is C41H81N3O4. The first-order chi connectivity index (χ1) is 23.5. The Kier molecular flexibility index (Phi) is 30.8. The molecule has 0 bridgehead atoms. The van der Waals surface area contributed by atoms with E-state index in [0.29, 0.717) is 38.0 Å². The summed E-state index contributed by atoms with van der Waals surface area (Å²) in [6.45, 7) is 10.1. The number of aliphatic hydroxyl groups excluding tert-OH is 1. The molecule has 1 amide bonds. The Morgan fingerprint density at radius 2 is 1.19 bits per heavy atom. The molecule has 0 unspecified atom stereocenters. The first-order valence-electron chi connectivity index (χ1n) is 21.0. The van der Waals surface area contributed by atoms with Gasteiger partial charge in [0.15, 0.2) is 0 Å². The molecular weight excluding hydrogens is 598 g/mol. The largest absolute Gasteiger partial charge is 0.465 e. The summed E-state index contributed by atoms with van der Waals surface area (Å²) in [4.78, 5) is 28.9. The highest BCUT2D eigenvalue weighted by atomic mass is 16.5. The number of carbonyl (C=O) groups excluding carboxylic acids is 2. The van der Waals surface area contributed by atoms with Crippen molar-refractivity contribution in [2.45, 2.75) is 200 Å². The molecule has 1 aliphatic carbocycles. The summed E-state index contributed by atoms with van der Waals surface area (Å²) in [5, 5.41) is 9.67. The first kappa shape index (κ1) is 44.8. The van der Waals surface area contributed by atoms with Crippen LogP contribution in [0.2, 0.25) is 0 Å². The van der Waals surface area contributed by atoms with Gasteiger partial charge in [0, 0.05) is 38.5 Å². The number of hydrogen-bond acceptors (Lipinski definition) is 6. The van der Waals surface area contributed by atoms with Gasteiger partial charge in [0.2, 0.25) is 5.91 Å². The summed E-state index contributed by atoms with van der Waals surface area (Å²) in [6.07, 6.45) is 33.2. The van der Waals surface area contributed by atoms with Crippen molar-refractivity contribution < 1.29 is 19.4 Å². The summed E-state index contributed by atoms with van der Waals surface area (Å²) in [7, 11) is 0. The molecule has 0 heterocycles. The summed E-state index contributed by atoms with van der Waals surface area (Å²) in [5.41, 5.74) is 5.29. The molecule has 0 radical (unpaired) electrons. The maximum atomic E-state index is 12.7. The highest BCUT2D eigenvalue weighted by Crippen LogP contribution is 2.23. The van der Waals surface area contributed by atoms with E-state index in [-0.39, 0.29) is 18.5 Å². The third-order valence-corrected chi connectivity index (χ3v) is 10.6. The second-order valence-corrected chi connectivity index (χ2v) is 15.0. The van der Waals surface area contributed by atoms with E-state index in [9.17, 15) is 14.7 Å². The predicted octanol–water partition coefficient (Wildman–Crippen LogP) is 9.57. The van der Waals surface area contributed by atoms with E-state index < -0.39 is 0 Å². The number of amides is 1. The van der Waals surface area contributed by atoms with Crippen LogP contribution < -0.4 is 5.73 Å². The molecule has 0 spiro atoms. The molecule has 1 rings (SSSR count). The number of nitrogens with two attached hydrogens (primary N) is 1.